The van der Waals surface area contributed by atoms with Crippen molar-refractivity contribution in [3.8, 4) is 55.4 Å². The fraction of sp³-hybridized carbons (Fsp3) is 0.193. The number of rotatable bonds is 24. The standard InChI is InChI=1S/C44H37NO7S.C44H39NO6S/c1-29(46)33-17-21-36-39(28-33)53-42(40(36)41(47)30-15-19-35(20-16-30)50-26-25-45-23-9-4-10-24-45)34-18-22-37(51-43(48)31-11-5-2-6-12-31)38(27-34)52-44(49)32-13-7-3-8-14-32;1-30(46)34-17-21-37-38(27-31-15-19-36(20-16-31)49-26-25-45-23-9-4-10-24-45)42(52-41(37)29-34)35-18-22-39(50-43(47)32-11-5-2-6-12-32)40(28-35)51-44(48)33-13-7-3-8-14-33/h2-3,5-8,11-22,27-28H,4,9-10,23-26H2,1H3;2-3,5-8,11-22,28-29H,4,9-10,23-27H2,1H3. The minimum absolute atomic E-state index is 0.00558. The highest BCUT2D eigenvalue weighted by Gasteiger charge is 2.27. The predicted molar refractivity (Wildman–Crippen MR) is 411 cm³/mol. The minimum atomic E-state index is -0.642. The number of esters is 4. The number of piperidine rings is 2. The zero-order valence-electron chi connectivity index (χ0n) is 58.2. The predicted octanol–water partition coefficient (Wildman–Crippen LogP) is 19.0. The molecule has 0 aliphatic carbocycles. The van der Waals surface area contributed by atoms with Gasteiger partial charge in [-0.1, -0.05) is 122 Å². The molecule has 2 saturated heterocycles. The summed E-state index contributed by atoms with van der Waals surface area (Å²) in [6, 6.07) is 71.0. The number of thiophene rings is 2. The van der Waals surface area contributed by atoms with Crippen LogP contribution in [0.3, 0.4) is 0 Å². The van der Waals surface area contributed by atoms with Gasteiger partial charge in [0.25, 0.3) is 0 Å². The van der Waals surface area contributed by atoms with Crippen LogP contribution in [0.15, 0.2) is 243 Å². The Kier molecular flexibility index (Phi) is 23.4. The maximum absolute atomic E-state index is 14.4. The van der Waals surface area contributed by atoms with Gasteiger partial charge in [0.05, 0.1) is 22.3 Å². The Labute approximate surface area is 617 Å². The van der Waals surface area contributed by atoms with Gasteiger partial charge in [-0.25, -0.2) is 19.2 Å². The van der Waals surface area contributed by atoms with Gasteiger partial charge in [-0.05, 0) is 233 Å². The Morgan fingerprint density at radius 1 is 0.352 bits per heavy atom. The average molecular weight is 1430 g/mol. The van der Waals surface area contributed by atoms with Crippen molar-refractivity contribution < 1.29 is 62.0 Å². The third kappa shape index (κ3) is 18.1. The second-order valence-corrected chi connectivity index (χ2v) is 27.9. The largest absolute Gasteiger partial charge is 0.492 e. The summed E-state index contributed by atoms with van der Waals surface area (Å²) in [7, 11) is 0. The highest BCUT2D eigenvalue weighted by atomic mass is 32.1. The molecule has 0 radical (unpaired) electrons. The number of Topliss-reactive ketones (excluding diaryl/α,β-unsaturated/α-hetero) is 2. The van der Waals surface area contributed by atoms with Gasteiger partial charge in [0, 0.05) is 59.9 Å². The summed E-state index contributed by atoms with van der Waals surface area (Å²) in [6.45, 7) is 10.6. The van der Waals surface area contributed by atoms with E-state index in [1.54, 1.807) is 188 Å². The average Bonchev–Trinajstić information content (AvgIpc) is 1.62. The zero-order chi connectivity index (χ0) is 72.6. The lowest BCUT2D eigenvalue weighted by Crippen LogP contribution is -2.33. The molecule has 12 aromatic rings. The number of benzene rings is 10. The first-order chi connectivity index (χ1) is 51.2. The molecular weight excluding hydrogens is 1360 g/mol. The molecule has 0 saturated carbocycles. The molecule has 0 spiro atoms. The summed E-state index contributed by atoms with van der Waals surface area (Å²) >= 11 is 2.92. The van der Waals surface area contributed by atoms with Crippen molar-refractivity contribution in [1.29, 1.82) is 0 Å². The molecule has 17 heteroatoms. The van der Waals surface area contributed by atoms with Gasteiger partial charge in [0.2, 0.25) is 0 Å². The van der Waals surface area contributed by atoms with E-state index in [0.717, 1.165) is 81.4 Å². The number of ether oxygens (including phenoxy) is 6. The number of hydrogen-bond acceptors (Lipinski definition) is 17. The fourth-order valence-electron chi connectivity index (χ4n) is 12.8. The van der Waals surface area contributed by atoms with Crippen molar-refractivity contribution in [1.82, 2.24) is 9.80 Å². The highest BCUT2D eigenvalue weighted by Crippen LogP contribution is 2.46. The molecule has 105 heavy (non-hydrogen) atoms. The van der Waals surface area contributed by atoms with Crippen molar-refractivity contribution in [2.45, 2.75) is 58.8 Å². The van der Waals surface area contributed by atoms with Crippen LogP contribution in [0.4, 0.5) is 0 Å². The van der Waals surface area contributed by atoms with Crippen molar-refractivity contribution in [3.63, 3.8) is 0 Å². The summed E-state index contributed by atoms with van der Waals surface area (Å²) in [5.74, 6) is -0.905. The molecule has 0 N–H and O–H groups in total. The van der Waals surface area contributed by atoms with E-state index in [2.05, 4.69) is 21.9 Å². The summed E-state index contributed by atoms with van der Waals surface area (Å²) in [6.07, 6.45) is 8.18. The molecule has 0 amide bonds. The second-order valence-electron chi connectivity index (χ2n) is 25.8. The summed E-state index contributed by atoms with van der Waals surface area (Å²) < 4.78 is 37.2. The van der Waals surface area contributed by atoms with Gasteiger partial charge in [-0.15, -0.1) is 22.7 Å². The fourth-order valence-corrected chi connectivity index (χ4v) is 15.3. The zero-order valence-corrected chi connectivity index (χ0v) is 59.9. The third-order valence-corrected chi connectivity index (χ3v) is 20.9. The molecular formula is C88H76N2O13S2. The van der Waals surface area contributed by atoms with Crippen LogP contribution in [-0.4, -0.2) is 104 Å². The number of fused-ring (bicyclic) bond motifs is 2. The first kappa shape index (κ1) is 71.9. The number of carbonyl (C=O) groups excluding carboxylic acids is 7. The molecule has 10 aromatic carbocycles. The number of nitrogens with zero attached hydrogens (tertiary/aromatic N) is 2. The van der Waals surface area contributed by atoms with Crippen LogP contribution in [-0.2, 0) is 6.42 Å². The maximum atomic E-state index is 14.4. The van der Waals surface area contributed by atoms with Crippen molar-refractivity contribution in [3.05, 3.63) is 298 Å². The lowest BCUT2D eigenvalue weighted by atomic mass is 9.96. The number of carbonyl (C=O) groups is 7. The van der Waals surface area contributed by atoms with Crippen LogP contribution in [0.1, 0.15) is 142 Å². The topological polar surface area (TPSA) is 181 Å². The smallest absolute Gasteiger partial charge is 0.343 e. The van der Waals surface area contributed by atoms with E-state index in [0.29, 0.717) is 85.7 Å². The Hall–Kier alpha value is -11.5. The van der Waals surface area contributed by atoms with E-state index in [4.69, 9.17) is 28.4 Å². The van der Waals surface area contributed by atoms with Gasteiger partial charge < -0.3 is 28.4 Å². The molecule has 15 nitrogen and oxygen atoms in total. The van der Waals surface area contributed by atoms with Gasteiger partial charge in [-0.3, -0.25) is 24.2 Å². The van der Waals surface area contributed by atoms with Gasteiger partial charge in [0.15, 0.2) is 40.3 Å². The van der Waals surface area contributed by atoms with Gasteiger partial charge in [-0.2, -0.15) is 0 Å². The number of hydrogen-bond donors (Lipinski definition) is 0. The lowest BCUT2D eigenvalue weighted by Gasteiger charge is -2.26. The van der Waals surface area contributed by atoms with Crippen LogP contribution in [0, 0.1) is 0 Å². The molecule has 2 aromatic heterocycles. The van der Waals surface area contributed by atoms with E-state index in [9.17, 15) is 33.6 Å². The molecule has 0 atom stereocenters. The SMILES string of the molecule is CC(=O)c1ccc2c(C(=O)c3ccc(OCCN4CCCCC4)cc3)c(-c3ccc(OC(=O)c4ccccc4)c(OC(=O)c4ccccc4)c3)sc2c1.CC(=O)c1ccc2c(Cc3ccc(OCCN4CCCCC4)cc3)c(-c3ccc(OC(=O)c4ccccc4)c(OC(=O)c4ccccc4)c3)sc2c1. The number of likely N-dealkylation sites (tertiary alicyclic amines) is 2. The Balaban J connectivity index is 0.000000186. The molecule has 0 unspecified atom stereocenters. The molecule has 14 rings (SSSR count). The Morgan fingerprint density at radius 3 is 1.15 bits per heavy atom. The van der Waals surface area contributed by atoms with Crippen LogP contribution in [0.2, 0.25) is 0 Å². The monoisotopic (exact) mass is 1430 g/mol. The summed E-state index contributed by atoms with van der Waals surface area (Å²) in [4.78, 5) is 98.3. The highest BCUT2D eigenvalue weighted by molar-refractivity contribution is 7.23. The van der Waals surface area contributed by atoms with Gasteiger partial charge in [0.1, 0.15) is 24.7 Å². The van der Waals surface area contributed by atoms with Gasteiger partial charge >= 0.3 is 23.9 Å². The molecule has 2 fully saturated rings. The van der Waals surface area contributed by atoms with E-state index in [1.165, 1.54) is 56.8 Å². The third-order valence-electron chi connectivity index (χ3n) is 18.5. The maximum Gasteiger partial charge on any atom is 0.343 e. The molecule has 2 aliphatic rings. The second kappa shape index (κ2) is 34.2. The van der Waals surface area contributed by atoms with Crippen LogP contribution >= 0.6 is 22.7 Å². The van der Waals surface area contributed by atoms with Crippen LogP contribution in [0.25, 0.3) is 41.1 Å². The van der Waals surface area contributed by atoms with E-state index < -0.39 is 23.9 Å². The molecule has 0 bridgehead atoms. The molecule has 2 aliphatic heterocycles. The van der Waals surface area contributed by atoms with Crippen molar-refractivity contribution in [2.75, 3.05) is 52.5 Å². The molecule has 4 heterocycles. The Morgan fingerprint density at radius 2 is 0.724 bits per heavy atom. The van der Waals surface area contributed by atoms with Crippen molar-refractivity contribution >= 4 is 84.1 Å². The quantitative estimate of drug-likeness (QED) is 0.0316. The normalized spacial score (nSPS) is 13.0. The van der Waals surface area contributed by atoms with Crippen molar-refractivity contribution in [2.24, 2.45) is 0 Å². The molecule has 528 valence electrons. The summed E-state index contributed by atoms with van der Waals surface area (Å²) in [5.41, 5.74) is 6.97. The van der Waals surface area contributed by atoms with Crippen LogP contribution in [0.5, 0.6) is 34.5 Å². The minimum Gasteiger partial charge on any atom is -0.492 e. The first-order valence-electron chi connectivity index (χ1n) is 35.2. The first-order valence-corrected chi connectivity index (χ1v) is 36.8. The summed E-state index contributed by atoms with van der Waals surface area (Å²) in [5, 5.41) is 1.72. The number of ketones is 3. The van der Waals surface area contributed by atoms with E-state index in [1.807, 2.05) is 60.7 Å². The Bertz CT molecular complexity index is 5100. The van der Waals surface area contributed by atoms with Crippen LogP contribution < -0.4 is 28.4 Å². The van der Waals surface area contributed by atoms with E-state index >= 15 is 0 Å². The lowest BCUT2D eigenvalue weighted by molar-refractivity contribution is 0.0682. The van der Waals surface area contributed by atoms with E-state index in [-0.39, 0.29) is 40.3 Å².